The minimum Gasteiger partial charge on any atom is -0.465 e. The number of anilines is 2. The van der Waals surface area contributed by atoms with E-state index in [1.807, 2.05) is 57.2 Å². The second-order valence-electron chi connectivity index (χ2n) is 13.5. The number of amides is 1. The minimum atomic E-state index is -2.41. The zero-order valence-corrected chi connectivity index (χ0v) is 27.1. The first-order chi connectivity index (χ1) is 22.5. The van der Waals surface area contributed by atoms with Crippen LogP contribution in [0.1, 0.15) is 44.9 Å². The second kappa shape index (κ2) is 13.5. The van der Waals surface area contributed by atoms with E-state index in [2.05, 4.69) is 9.80 Å². The molecule has 3 aliphatic rings. The maximum atomic E-state index is 13.2. The molecule has 6 rings (SSSR count). The van der Waals surface area contributed by atoms with Crippen LogP contribution in [0.3, 0.4) is 0 Å². The van der Waals surface area contributed by atoms with Gasteiger partial charge in [0.15, 0.2) is 0 Å². The third-order valence-electron chi connectivity index (χ3n) is 9.13. The summed E-state index contributed by atoms with van der Waals surface area (Å²) in [5.41, 5.74) is 2.02. The van der Waals surface area contributed by atoms with E-state index in [0.717, 1.165) is 46.4 Å². The van der Waals surface area contributed by atoms with Crippen LogP contribution in [0.25, 0.3) is 10.8 Å². The van der Waals surface area contributed by atoms with E-state index < -0.39 is 17.9 Å². The van der Waals surface area contributed by atoms with E-state index in [0.29, 0.717) is 58.0 Å². The van der Waals surface area contributed by atoms with E-state index in [4.69, 9.17) is 19.4 Å². The Kier molecular flexibility index (Phi) is 9.36. The van der Waals surface area contributed by atoms with Crippen LogP contribution in [-0.4, -0.2) is 102 Å². The number of fused-ring (bicyclic) bond motifs is 2. The number of hydrogen-bond donors (Lipinski definition) is 1. The molecule has 0 saturated carbocycles. The first-order valence-electron chi connectivity index (χ1n) is 16.2. The molecule has 13 heteroatoms. The molecule has 0 radical (unpaired) electrons. The number of aromatic nitrogens is 2. The number of carboxylic acid groups (broad SMARTS) is 1. The molecule has 0 aliphatic carbocycles. The van der Waals surface area contributed by atoms with Crippen LogP contribution in [-0.2, 0) is 17.8 Å². The van der Waals surface area contributed by atoms with Crippen LogP contribution in [0.2, 0.25) is 0 Å². The number of alkyl halides is 2. The Morgan fingerprint density at radius 3 is 2.51 bits per heavy atom. The Labute approximate surface area is 273 Å². The summed E-state index contributed by atoms with van der Waals surface area (Å²) in [7, 11) is 0. The smallest absolute Gasteiger partial charge is 0.407 e. The van der Waals surface area contributed by atoms with Gasteiger partial charge in [-0.3, -0.25) is 9.69 Å². The number of rotatable bonds is 8. The first kappa shape index (κ1) is 32.7. The summed E-state index contributed by atoms with van der Waals surface area (Å²) in [4.78, 5) is 41.5. The van der Waals surface area contributed by atoms with Gasteiger partial charge in [0, 0.05) is 61.5 Å². The summed E-state index contributed by atoms with van der Waals surface area (Å²) in [5, 5.41) is 11.4. The number of likely N-dealkylation sites (tertiary alicyclic amines) is 1. The summed E-state index contributed by atoms with van der Waals surface area (Å²) < 4.78 is 38.3. The largest absolute Gasteiger partial charge is 0.465 e. The lowest BCUT2D eigenvalue weighted by Crippen LogP contribution is -2.49. The average Bonchev–Trinajstić information content (AvgIpc) is 3.48. The zero-order valence-electron chi connectivity index (χ0n) is 27.1. The molecule has 2 fully saturated rings. The van der Waals surface area contributed by atoms with Crippen molar-refractivity contribution < 1.29 is 33.0 Å². The monoisotopic (exact) mass is 652 g/mol. The highest BCUT2D eigenvalue weighted by molar-refractivity contribution is 5.96. The van der Waals surface area contributed by atoms with Crippen molar-refractivity contribution in [2.75, 3.05) is 62.2 Å². The topological polar surface area (TPSA) is 112 Å². The summed E-state index contributed by atoms with van der Waals surface area (Å²) in [6, 6.07) is 11.8. The van der Waals surface area contributed by atoms with Gasteiger partial charge in [-0.25, -0.2) is 13.6 Å². The van der Waals surface area contributed by atoms with E-state index >= 15 is 0 Å². The molecule has 47 heavy (non-hydrogen) atoms. The van der Waals surface area contributed by atoms with Crippen molar-refractivity contribution in [3.63, 3.8) is 0 Å². The van der Waals surface area contributed by atoms with Crippen LogP contribution in [0.4, 0.5) is 25.1 Å². The molecule has 2 saturated heterocycles. The first-order valence-corrected chi connectivity index (χ1v) is 16.2. The fourth-order valence-corrected chi connectivity index (χ4v) is 6.55. The Balaban J connectivity index is 1.31. The van der Waals surface area contributed by atoms with Crippen LogP contribution in [0.15, 0.2) is 36.4 Å². The van der Waals surface area contributed by atoms with E-state index in [-0.39, 0.29) is 31.2 Å². The number of benzene rings is 2. The number of ether oxygens (including phenoxy) is 2. The highest BCUT2D eigenvalue weighted by Gasteiger charge is 2.32. The van der Waals surface area contributed by atoms with Crippen molar-refractivity contribution >= 4 is 34.3 Å². The molecule has 1 amide bonds. The summed E-state index contributed by atoms with van der Waals surface area (Å²) in [6.07, 6.45) is -1.13. The number of carbonyl (C=O) groups excluding carboxylic acids is 1. The highest BCUT2D eigenvalue weighted by atomic mass is 19.3. The summed E-state index contributed by atoms with van der Waals surface area (Å²) >= 11 is 0. The molecule has 1 N–H and O–H groups in total. The number of carbonyl (C=O) groups is 2. The van der Waals surface area contributed by atoms with Gasteiger partial charge in [0.2, 0.25) is 0 Å². The predicted molar refractivity (Wildman–Crippen MR) is 174 cm³/mol. The molecule has 11 nitrogen and oxygen atoms in total. The predicted octanol–water partition coefficient (Wildman–Crippen LogP) is 5.05. The van der Waals surface area contributed by atoms with Gasteiger partial charge in [0.1, 0.15) is 18.2 Å². The van der Waals surface area contributed by atoms with E-state index in [9.17, 15) is 23.5 Å². The number of esters is 1. The van der Waals surface area contributed by atoms with E-state index in [1.54, 1.807) is 4.90 Å². The van der Waals surface area contributed by atoms with Gasteiger partial charge in [-0.05, 0) is 58.0 Å². The van der Waals surface area contributed by atoms with Gasteiger partial charge in [-0.15, -0.1) is 0 Å². The van der Waals surface area contributed by atoms with Gasteiger partial charge in [-0.2, -0.15) is 9.97 Å². The molecule has 0 bridgehead atoms. The fourth-order valence-electron chi connectivity index (χ4n) is 6.55. The highest BCUT2D eigenvalue weighted by Crippen LogP contribution is 2.37. The Hall–Kier alpha value is -4.26. The molecule has 1 atom stereocenters. The van der Waals surface area contributed by atoms with Crippen LogP contribution in [0.5, 0.6) is 11.8 Å². The third-order valence-corrected chi connectivity index (χ3v) is 9.13. The van der Waals surface area contributed by atoms with Crippen LogP contribution in [0, 0.1) is 5.41 Å². The fraction of sp³-hybridized carbons (Fsp3) is 0.529. The maximum absolute atomic E-state index is 13.2. The molecule has 3 aliphatic heterocycles. The molecule has 0 spiro atoms. The minimum absolute atomic E-state index is 0.146. The van der Waals surface area contributed by atoms with Crippen molar-refractivity contribution in [3.8, 4) is 11.8 Å². The Morgan fingerprint density at radius 2 is 1.79 bits per heavy atom. The zero-order chi connectivity index (χ0) is 33.3. The van der Waals surface area contributed by atoms with Gasteiger partial charge in [0.05, 0.1) is 24.2 Å². The SMILES string of the molecule is CC(C)(C)C(=O)Oc1cc(N2CCc3c(nc(OCC4CCCN4CC(F)F)nc3N3CCN(C(=O)O)CC3)C2)c2ccccc2c1. The molecular weight excluding hydrogens is 610 g/mol. The number of halogens is 2. The van der Waals surface area contributed by atoms with Gasteiger partial charge < -0.3 is 29.3 Å². The van der Waals surface area contributed by atoms with Gasteiger partial charge >= 0.3 is 18.1 Å². The van der Waals surface area contributed by atoms with Crippen molar-refractivity contribution in [1.29, 1.82) is 0 Å². The van der Waals surface area contributed by atoms with Crippen molar-refractivity contribution in [2.24, 2.45) is 5.41 Å². The molecule has 252 valence electrons. The average molecular weight is 653 g/mol. The standard InChI is InChI=1S/C34H42F2N6O5/c1-34(2,3)31(43)47-24-17-22-7-4-5-9-25(22)28(18-24)42-12-10-26-27(19-42)37-32(46-21-23-8-6-11-41(23)20-29(35)36)38-30(26)39-13-15-40(16-14-39)33(44)45/h4-5,7,9,17-18,23,29H,6,8,10-16,19-21H2,1-3H3,(H,44,45). The van der Waals surface area contributed by atoms with Crippen LogP contribution >= 0.6 is 0 Å². The molecular formula is C34H42F2N6O5. The van der Waals surface area contributed by atoms with Crippen molar-refractivity contribution in [3.05, 3.63) is 47.7 Å². The van der Waals surface area contributed by atoms with Gasteiger partial charge in [-0.1, -0.05) is 24.3 Å². The number of piperazine rings is 1. The molecule has 3 aromatic rings. The molecule has 4 heterocycles. The molecule has 2 aromatic carbocycles. The third kappa shape index (κ3) is 7.34. The Morgan fingerprint density at radius 1 is 1.02 bits per heavy atom. The maximum Gasteiger partial charge on any atom is 0.407 e. The lowest BCUT2D eigenvalue weighted by Gasteiger charge is -2.37. The lowest BCUT2D eigenvalue weighted by atomic mass is 9.97. The second-order valence-corrected chi connectivity index (χ2v) is 13.5. The van der Waals surface area contributed by atoms with Crippen LogP contribution < -0.4 is 19.3 Å². The molecule has 1 unspecified atom stereocenters. The normalized spacial score (nSPS) is 18.9. The van der Waals surface area contributed by atoms with Gasteiger partial charge in [0.25, 0.3) is 6.43 Å². The Bertz CT molecular complexity index is 1620. The number of nitrogens with zero attached hydrogens (tertiary/aromatic N) is 6. The van der Waals surface area contributed by atoms with Crippen molar-refractivity contribution in [2.45, 2.75) is 59.0 Å². The summed E-state index contributed by atoms with van der Waals surface area (Å²) in [5.74, 6) is 0.876. The summed E-state index contributed by atoms with van der Waals surface area (Å²) in [6.45, 7) is 8.75. The number of hydrogen-bond acceptors (Lipinski definition) is 9. The molecule has 1 aromatic heterocycles. The lowest BCUT2D eigenvalue weighted by molar-refractivity contribution is -0.142. The van der Waals surface area contributed by atoms with Crippen molar-refractivity contribution in [1.82, 2.24) is 19.8 Å². The van der Waals surface area contributed by atoms with E-state index in [1.165, 1.54) is 4.90 Å². The quantitative estimate of drug-likeness (QED) is 0.262.